The van der Waals surface area contributed by atoms with Crippen LogP contribution < -0.4 is 9.47 Å². The van der Waals surface area contributed by atoms with Crippen molar-refractivity contribution in [1.82, 2.24) is 4.98 Å². The molecule has 1 aliphatic heterocycles. The van der Waals surface area contributed by atoms with Gasteiger partial charge >= 0.3 is 0 Å². The van der Waals surface area contributed by atoms with Gasteiger partial charge in [0.1, 0.15) is 17.6 Å². The maximum Gasteiger partial charge on any atom is 0.170 e. The summed E-state index contributed by atoms with van der Waals surface area (Å²) < 4.78 is 11.9. The topological polar surface area (TPSA) is 48.4 Å². The van der Waals surface area contributed by atoms with Crippen LogP contribution in [-0.4, -0.2) is 17.4 Å². The molecule has 2 aliphatic rings. The smallest absolute Gasteiger partial charge is 0.170 e. The van der Waals surface area contributed by atoms with E-state index in [-0.39, 0.29) is 11.9 Å². The molecule has 0 saturated heterocycles. The monoisotopic (exact) mass is 295 g/mol. The van der Waals surface area contributed by atoms with Gasteiger partial charge in [0.05, 0.1) is 12.2 Å². The lowest BCUT2D eigenvalue weighted by atomic mass is 10.0. The molecule has 112 valence electrons. The zero-order valence-electron chi connectivity index (χ0n) is 12.5. The van der Waals surface area contributed by atoms with Crippen molar-refractivity contribution < 1.29 is 14.3 Å². The molecule has 4 nitrogen and oxygen atoms in total. The number of ketones is 1. The zero-order valence-corrected chi connectivity index (χ0v) is 12.5. The molecule has 0 saturated carbocycles. The van der Waals surface area contributed by atoms with Gasteiger partial charge in [0.25, 0.3) is 0 Å². The third-order valence-corrected chi connectivity index (χ3v) is 4.47. The molecule has 0 spiro atoms. The number of aromatic nitrogens is 1. The highest BCUT2D eigenvalue weighted by molar-refractivity contribution is 6.00. The first-order chi connectivity index (χ1) is 10.7. The minimum absolute atomic E-state index is 0.0500. The number of hydrogen-bond donors (Lipinski definition) is 0. The van der Waals surface area contributed by atoms with Crippen molar-refractivity contribution in [3.63, 3.8) is 0 Å². The molecule has 0 bridgehead atoms. The summed E-state index contributed by atoms with van der Waals surface area (Å²) in [6, 6.07) is 5.74. The van der Waals surface area contributed by atoms with Gasteiger partial charge in [-0.25, -0.2) is 0 Å². The molecule has 0 radical (unpaired) electrons. The summed E-state index contributed by atoms with van der Waals surface area (Å²) in [5.74, 6) is 1.62. The maximum atomic E-state index is 11.9. The van der Waals surface area contributed by atoms with E-state index >= 15 is 0 Å². The molecule has 22 heavy (non-hydrogen) atoms. The summed E-state index contributed by atoms with van der Waals surface area (Å²) in [4.78, 5) is 16.1. The van der Waals surface area contributed by atoms with Crippen LogP contribution in [-0.2, 0) is 6.42 Å². The Kier molecular flexibility index (Phi) is 3.10. The zero-order chi connectivity index (χ0) is 15.1. The SMILES string of the molecule is Cc1c(O[C@H]2CCc3cnccc32)ccc2c1OCCC2=O. The van der Waals surface area contributed by atoms with E-state index in [1.807, 2.05) is 37.5 Å². The van der Waals surface area contributed by atoms with Gasteiger partial charge in [-0.05, 0) is 49.1 Å². The standard InChI is InChI=1S/C18H17NO3/c1-11-16(5-3-14-15(20)7-9-21-18(11)14)22-17-4-2-12-10-19-8-6-13(12)17/h3,5-6,8,10,17H,2,4,7,9H2,1H3/t17-/m0/s1. The Labute approximate surface area is 129 Å². The number of carbonyl (C=O) groups is 1. The van der Waals surface area contributed by atoms with Gasteiger partial charge in [-0.1, -0.05) is 0 Å². The molecule has 0 unspecified atom stereocenters. The summed E-state index contributed by atoms with van der Waals surface area (Å²) in [5, 5.41) is 0. The second-order valence-electron chi connectivity index (χ2n) is 5.81. The van der Waals surface area contributed by atoms with Crippen LogP contribution in [0.3, 0.4) is 0 Å². The number of hydrogen-bond acceptors (Lipinski definition) is 4. The van der Waals surface area contributed by atoms with Gasteiger partial charge in [-0.2, -0.15) is 0 Å². The number of pyridine rings is 1. The largest absolute Gasteiger partial charge is 0.492 e. The number of Topliss-reactive ketones (excluding diaryl/α,β-unsaturated/α-hetero) is 1. The first-order valence-electron chi connectivity index (χ1n) is 7.63. The molecule has 4 rings (SSSR count). The number of ether oxygens (including phenoxy) is 2. The molecular weight excluding hydrogens is 278 g/mol. The molecule has 1 aromatic carbocycles. The molecule has 0 fully saturated rings. The van der Waals surface area contributed by atoms with Crippen molar-refractivity contribution in [3.8, 4) is 11.5 Å². The second kappa shape index (κ2) is 5.13. The minimum atomic E-state index is 0.0500. The number of rotatable bonds is 2. The van der Waals surface area contributed by atoms with Crippen LogP contribution in [0.1, 0.15) is 46.0 Å². The lowest BCUT2D eigenvalue weighted by Crippen LogP contribution is -2.16. The van der Waals surface area contributed by atoms with Crippen molar-refractivity contribution >= 4 is 5.78 Å². The van der Waals surface area contributed by atoms with E-state index in [1.54, 1.807) is 0 Å². The molecule has 1 aromatic heterocycles. The highest BCUT2D eigenvalue weighted by atomic mass is 16.5. The lowest BCUT2D eigenvalue weighted by Gasteiger charge is -2.22. The Morgan fingerprint density at radius 2 is 2.18 bits per heavy atom. The van der Waals surface area contributed by atoms with Crippen LogP contribution in [0.15, 0.2) is 30.6 Å². The number of benzene rings is 1. The lowest BCUT2D eigenvalue weighted by molar-refractivity contribution is 0.0932. The van der Waals surface area contributed by atoms with Crippen LogP contribution in [0.25, 0.3) is 0 Å². The van der Waals surface area contributed by atoms with Crippen LogP contribution in [0, 0.1) is 6.92 Å². The molecule has 0 amide bonds. The Bertz CT molecular complexity index is 754. The summed E-state index contributed by atoms with van der Waals surface area (Å²) in [6.07, 6.45) is 6.18. The number of fused-ring (bicyclic) bond motifs is 2. The van der Waals surface area contributed by atoms with Gasteiger partial charge in [0.2, 0.25) is 0 Å². The van der Waals surface area contributed by atoms with E-state index in [0.29, 0.717) is 24.3 Å². The predicted octanol–water partition coefficient (Wildman–Crippen LogP) is 3.42. The third-order valence-electron chi connectivity index (χ3n) is 4.47. The third kappa shape index (κ3) is 2.06. The molecule has 4 heteroatoms. The molecule has 1 atom stereocenters. The molecule has 1 aliphatic carbocycles. The van der Waals surface area contributed by atoms with Crippen molar-refractivity contribution in [3.05, 3.63) is 52.8 Å². The van der Waals surface area contributed by atoms with Crippen molar-refractivity contribution in [1.29, 1.82) is 0 Å². The van der Waals surface area contributed by atoms with Gasteiger partial charge in [-0.15, -0.1) is 0 Å². The fourth-order valence-corrected chi connectivity index (χ4v) is 3.27. The first kappa shape index (κ1) is 13.3. The summed E-state index contributed by atoms with van der Waals surface area (Å²) >= 11 is 0. The molecule has 2 aromatic rings. The fourth-order valence-electron chi connectivity index (χ4n) is 3.27. The summed E-state index contributed by atoms with van der Waals surface area (Å²) in [5.41, 5.74) is 4.05. The fraction of sp³-hybridized carbons (Fsp3) is 0.333. The van der Waals surface area contributed by atoms with Crippen LogP contribution in [0.5, 0.6) is 11.5 Å². The number of carbonyl (C=O) groups excluding carboxylic acids is 1. The maximum absolute atomic E-state index is 11.9. The average molecular weight is 295 g/mol. The van der Waals surface area contributed by atoms with E-state index in [2.05, 4.69) is 4.98 Å². The molecular formula is C18H17NO3. The van der Waals surface area contributed by atoms with Crippen molar-refractivity contribution in [2.45, 2.75) is 32.3 Å². The van der Waals surface area contributed by atoms with Crippen molar-refractivity contribution in [2.75, 3.05) is 6.61 Å². The van der Waals surface area contributed by atoms with E-state index in [1.165, 1.54) is 11.1 Å². The predicted molar refractivity (Wildman–Crippen MR) is 81.5 cm³/mol. The van der Waals surface area contributed by atoms with Crippen LogP contribution in [0.4, 0.5) is 0 Å². The first-order valence-corrected chi connectivity index (χ1v) is 7.63. The Balaban J connectivity index is 1.66. The van der Waals surface area contributed by atoms with Crippen LogP contribution >= 0.6 is 0 Å². The van der Waals surface area contributed by atoms with Gasteiger partial charge < -0.3 is 9.47 Å². The van der Waals surface area contributed by atoms with E-state index in [9.17, 15) is 4.79 Å². The van der Waals surface area contributed by atoms with E-state index in [0.717, 1.165) is 24.2 Å². The van der Waals surface area contributed by atoms with E-state index in [4.69, 9.17) is 9.47 Å². The van der Waals surface area contributed by atoms with Gasteiger partial charge in [0.15, 0.2) is 5.78 Å². The normalized spacial score (nSPS) is 19.3. The Morgan fingerprint density at radius 1 is 1.27 bits per heavy atom. The number of nitrogens with zero attached hydrogens (tertiary/aromatic N) is 1. The molecule has 0 N–H and O–H groups in total. The molecule has 2 heterocycles. The summed E-state index contributed by atoms with van der Waals surface area (Å²) in [6.45, 7) is 2.41. The van der Waals surface area contributed by atoms with Gasteiger partial charge in [-0.3, -0.25) is 9.78 Å². The summed E-state index contributed by atoms with van der Waals surface area (Å²) in [7, 11) is 0. The van der Waals surface area contributed by atoms with Gasteiger partial charge in [0, 0.05) is 24.4 Å². The Morgan fingerprint density at radius 3 is 3.09 bits per heavy atom. The number of aryl methyl sites for hydroxylation is 1. The van der Waals surface area contributed by atoms with Crippen molar-refractivity contribution in [2.24, 2.45) is 0 Å². The van der Waals surface area contributed by atoms with Crippen LogP contribution in [0.2, 0.25) is 0 Å². The Hall–Kier alpha value is -2.36. The second-order valence-corrected chi connectivity index (χ2v) is 5.81. The highest BCUT2D eigenvalue weighted by Crippen LogP contribution is 2.39. The average Bonchev–Trinajstić information content (AvgIpc) is 2.94. The quantitative estimate of drug-likeness (QED) is 0.851. The van der Waals surface area contributed by atoms with E-state index < -0.39 is 0 Å². The highest BCUT2D eigenvalue weighted by Gasteiger charge is 2.27. The minimum Gasteiger partial charge on any atom is -0.492 e.